The van der Waals surface area contributed by atoms with Crippen LogP contribution in [0.25, 0.3) is 10.8 Å². The number of phenolic OH excluding ortho intramolecular Hbond substituents is 1. The van der Waals surface area contributed by atoms with E-state index in [4.69, 9.17) is 5.73 Å². The average Bonchev–Trinajstić information content (AvgIpc) is 2.79. The van der Waals surface area contributed by atoms with E-state index in [9.17, 15) is 18.1 Å². The van der Waals surface area contributed by atoms with Crippen LogP contribution in [0.1, 0.15) is 11.1 Å². The van der Waals surface area contributed by atoms with Crippen LogP contribution >= 0.6 is 0 Å². The van der Waals surface area contributed by atoms with Crippen LogP contribution in [0.5, 0.6) is 5.75 Å². The Morgan fingerprint density at radius 3 is 2.09 bits per heavy atom. The van der Waals surface area contributed by atoms with Gasteiger partial charge in [-0.1, -0.05) is 36.4 Å². The standard InChI is InChI=1S/C24H21N5O4S/c1-14-7-3-4-8-17(14)26-28-19-12-11-16-13-15(2)23(24(30)21(16)22(19)25)29-27-18-9-5-6-10-20(18)34(31,32)33/h3-13,30H,25H2,1-2H3,(H,31,32,33). The zero-order valence-electron chi connectivity index (χ0n) is 18.3. The Morgan fingerprint density at radius 1 is 0.765 bits per heavy atom. The van der Waals surface area contributed by atoms with E-state index in [-0.39, 0.29) is 22.8 Å². The Kier molecular flexibility index (Phi) is 6.10. The second-order valence-electron chi connectivity index (χ2n) is 7.62. The van der Waals surface area contributed by atoms with E-state index in [0.717, 1.165) is 5.56 Å². The van der Waals surface area contributed by atoms with Gasteiger partial charge < -0.3 is 10.8 Å². The smallest absolute Gasteiger partial charge is 0.296 e. The molecule has 0 aliphatic rings. The van der Waals surface area contributed by atoms with Gasteiger partial charge in [-0.3, -0.25) is 4.55 Å². The van der Waals surface area contributed by atoms with E-state index in [1.165, 1.54) is 18.2 Å². The lowest BCUT2D eigenvalue weighted by molar-refractivity contribution is 0.482. The number of nitrogens with two attached hydrogens (primary N) is 1. The fourth-order valence-corrected chi connectivity index (χ4v) is 4.10. The van der Waals surface area contributed by atoms with Crippen LogP contribution in [0.2, 0.25) is 0 Å². The van der Waals surface area contributed by atoms with E-state index in [1.54, 1.807) is 31.2 Å². The summed E-state index contributed by atoms with van der Waals surface area (Å²) in [6, 6.07) is 18.4. The van der Waals surface area contributed by atoms with Gasteiger partial charge in [0.2, 0.25) is 0 Å². The molecule has 0 fully saturated rings. The molecule has 4 aromatic carbocycles. The first-order valence-corrected chi connectivity index (χ1v) is 11.6. The van der Waals surface area contributed by atoms with Gasteiger partial charge in [0.15, 0.2) is 5.75 Å². The van der Waals surface area contributed by atoms with E-state index >= 15 is 0 Å². The topological polar surface area (TPSA) is 150 Å². The molecule has 0 saturated heterocycles. The maximum atomic E-state index is 11.6. The number of hydrogen-bond donors (Lipinski definition) is 3. The number of aromatic hydroxyl groups is 1. The van der Waals surface area contributed by atoms with Gasteiger partial charge in [-0.2, -0.15) is 13.5 Å². The fraction of sp³-hybridized carbons (Fsp3) is 0.0833. The number of fused-ring (bicyclic) bond motifs is 1. The number of benzene rings is 4. The minimum atomic E-state index is -4.50. The molecule has 0 amide bonds. The van der Waals surface area contributed by atoms with Gasteiger partial charge in [0.25, 0.3) is 10.1 Å². The lowest BCUT2D eigenvalue weighted by atomic mass is 10.0. The molecule has 0 bridgehead atoms. The molecule has 0 radical (unpaired) electrons. The third-order valence-electron chi connectivity index (χ3n) is 5.24. The summed E-state index contributed by atoms with van der Waals surface area (Å²) in [5.74, 6) is -0.228. The molecule has 4 aromatic rings. The van der Waals surface area contributed by atoms with E-state index < -0.39 is 15.0 Å². The quantitative estimate of drug-likeness (QED) is 0.164. The lowest BCUT2D eigenvalue weighted by Gasteiger charge is -2.11. The van der Waals surface area contributed by atoms with Crippen molar-refractivity contribution in [2.45, 2.75) is 18.7 Å². The molecule has 0 aliphatic carbocycles. The highest BCUT2D eigenvalue weighted by molar-refractivity contribution is 7.86. The molecule has 10 heteroatoms. The Morgan fingerprint density at radius 2 is 1.38 bits per heavy atom. The molecule has 4 N–H and O–H groups in total. The van der Waals surface area contributed by atoms with Crippen LogP contribution in [0.15, 0.2) is 92.1 Å². The summed E-state index contributed by atoms with van der Waals surface area (Å²) >= 11 is 0. The van der Waals surface area contributed by atoms with Crippen molar-refractivity contribution in [3.8, 4) is 5.75 Å². The number of hydrogen-bond acceptors (Lipinski definition) is 8. The first kappa shape index (κ1) is 23.0. The Labute approximate surface area is 196 Å². The second kappa shape index (κ2) is 9.00. The van der Waals surface area contributed by atoms with Crippen molar-refractivity contribution in [1.29, 1.82) is 0 Å². The number of nitrogens with zero attached hydrogens (tertiary/aromatic N) is 4. The van der Waals surface area contributed by atoms with E-state index in [1.807, 2.05) is 31.2 Å². The summed E-state index contributed by atoms with van der Waals surface area (Å²) in [6.45, 7) is 3.65. The van der Waals surface area contributed by atoms with Gasteiger partial charge in [-0.25, -0.2) is 0 Å². The van der Waals surface area contributed by atoms with Gasteiger partial charge >= 0.3 is 0 Å². The zero-order chi connectivity index (χ0) is 24.5. The highest BCUT2D eigenvalue weighted by Gasteiger charge is 2.17. The molecule has 4 rings (SSSR count). The number of azo groups is 2. The zero-order valence-corrected chi connectivity index (χ0v) is 19.2. The van der Waals surface area contributed by atoms with Gasteiger partial charge in [0.1, 0.15) is 22.0 Å². The Hall–Kier alpha value is -4.15. The number of aryl methyl sites for hydroxylation is 2. The monoisotopic (exact) mass is 475 g/mol. The molecular formula is C24H21N5O4S. The van der Waals surface area contributed by atoms with Gasteiger partial charge in [0, 0.05) is 0 Å². The van der Waals surface area contributed by atoms with Crippen molar-refractivity contribution < 1.29 is 18.1 Å². The predicted octanol–water partition coefficient (Wildman–Crippen LogP) is 6.82. The molecule has 0 saturated carbocycles. The van der Waals surface area contributed by atoms with Crippen LogP contribution in [0.4, 0.5) is 28.4 Å². The van der Waals surface area contributed by atoms with Crippen molar-refractivity contribution >= 4 is 49.3 Å². The SMILES string of the molecule is Cc1ccccc1N=Nc1ccc2cc(C)c(N=Nc3ccccc3S(=O)(=O)O)c(O)c2c1N. The van der Waals surface area contributed by atoms with Crippen LogP contribution < -0.4 is 5.73 Å². The molecule has 9 nitrogen and oxygen atoms in total. The molecule has 0 atom stereocenters. The Balaban J connectivity index is 1.80. The summed E-state index contributed by atoms with van der Waals surface area (Å²) < 4.78 is 32.6. The number of phenols is 1. The maximum Gasteiger partial charge on any atom is 0.296 e. The maximum absolute atomic E-state index is 11.6. The normalized spacial score (nSPS) is 12.2. The van der Waals surface area contributed by atoms with Gasteiger partial charge in [-0.05, 0) is 60.7 Å². The molecule has 0 aromatic heterocycles. The van der Waals surface area contributed by atoms with Crippen LogP contribution in [0.3, 0.4) is 0 Å². The van der Waals surface area contributed by atoms with Crippen LogP contribution in [0, 0.1) is 13.8 Å². The Bertz CT molecular complexity index is 1580. The van der Waals surface area contributed by atoms with Crippen molar-refractivity contribution in [3.05, 3.63) is 77.9 Å². The van der Waals surface area contributed by atoms with Gasteiger partial charge in [-0.15, -0.1) is 15.3 Å². The van der Waals surface area contributed by atoms with Gasteiger partial charge in [0.05, 0.1) is 16.8 Å². The molecule has 0 spiro atoms. The predicted molar refractivity (Wildman–Crippen MR) is 131 cm³/mol. The van der Waals surface area contributed by atoms with Crippen molar-refractivity contribution in [1.82, 2.24) is 0 Å². The number of anilines is 1. The molecular weight excluding hydrogens is 454 g/mol. The highest BCUT2D eigenvalue weighted by atomic mass is 32.2. The fourth-order valence-electron chi connectivity index (χ4n) is 3.48. The van der Waals surface area contributed by atoms with Crippen molar-refractivity contribution in [2.75, 3.05) is 5.73 Å². The minimum absolute atomic E-state index is 0.0716. The van der Waals surface area contributed by atoms with Crippen molar-refractivity contribution in [3.63, 3.8) is 0 Å². The third kappa shape index (κ3) is 4.49. The van der Waals surface area contributed by atoms with Crippen LogP contribution in [-0.2, 0) is 10.1 Å². The summed E-state index contributed by atoms with van der Waals surface area (Å²) in [5, 5.41) is 28.5. The summed E-state index contributed by atoms with van der Waals surface area (Å²) in [6.07, 6.45) is 0. The first-order valence-electron chi connectivity index (χ1n) is 10.2. The summed E-state index contributed by atoms with van der Waals surface area (Å²) in [4.78, 5) is -0.393. The number of rotatable bonds is 5. The van der Waals surface area contributed by atoms with E-state index in [2.05, 4.69) is 20.5 Å². The van der Waals surface area contributed by atoms with Crippen molar-refractivity contribution in [2.24, 2.45) is 20.5 Å². The second-order valence-corrected chi connectivity index (χ2v) is 9.01. The molecule has 0 aliphatic heterocycles. The van der Waals surface area contributed by atoms with Crippen LogP contribution in [-0.4, -0.2) is 18.1 Å². The summed E-state index contributed by atoms with van der Waals surface area (Å²) in [7, 11) is -4.50. The lowest BCUT2D eigenvalue weighted by Crippen LogP contribution is -1.97. The summed E-state index contributed by atoms with van der Waals surface area (Å²) in [5.41, 5.74) is 9.19. The molecule has 172 valence electrons. The number of nitrogen functional groups attached to an aromatic ring is 1. The minimum Gasteiger partial charge on any atom is -0.505 e. The molecule has 0 heterocycles. The molecule has 0 unspecified atom stereocenters. The first-order chi connectivity index (χ1) is 16.2. The third-order valence-corrected chi connectivity index (χ3v) is 6.14. The molecule has 34 heavy (non-hydrogen) atoms. The largest absolute Gasteiger partial charge is 0.505 e. The average molecular weight is 476 g/mol. The highest BCUT2D eigenvalue weighted by Crippen LogP contribution is 2.44. The van der Waals surface area contributed by atoms with E-state index in [0.29, 0.717) is 27.7 Å².